The lowest BCUT2D eigenvalue weighted by Gasteiger charge is -2.29. The fourth-order valence-electron chi connectivity index (χ4n) is 3.63. The molecule has 0 aliphatic carbocycles. The highest BCUT2D eigenvalue weighted by Crippen LogP contribution is 2.35. The third kappa shape index (κ3) is 4.95. The van der Waals surface area contributed by atoms with E-state index in [1.807, 2.05) is 32.0 Å². The van der Waals surface area contributed by atoms with Crippen molar-refractivity contribution in [1.29, 1.82) is 0 Å². The minimum Gasteiger partial charge on any atom is -0.482 e. The Bertz CT molecular complexity index is 1360. The van der Waals surface area contributed by atoms with Crippen LogP contribution in [-0.2, 0) is 14.8 Å². The highest BCUT2D eigenvalue weighted by Gasteiger charge is 2.25. The third-order valence-corrected chi connectivity index (χ3v) is 6.39. The summed E-state index contributed by atoms with van der Waals surface area (Å²) in [7, 11) is -3.86. The van der Waals surface area contributed by atoms with Crippen LogP contribution in [0.25, 0.3) is 0 Å². The van der Waals surface area contributed by atoms with Crippen LogP contribution in [-0.4, -0.2) is 37.4 Å². The largest absolute Gasteiger partial charge is 0.482 e. The van der Waals surface area contributed by atoms with Gasteiger partial charge >= 0.3 is 0 Å². The number of nitrogens with zero attached hydrogens (tertiary/aromatic N) is 3. The van der Waals surface area contributed by atoms with E-state index in [2.05, 4.69) is 20.6 Å². The van der Waals surface area contributed by atoms with Crippen LogP contribution in [0.2, 0.25) is 0 Å². The van der Waals surface area contributed by atoms with E-state index < -0.39 is 10.0 Å². The maximum atomic E-state index is 12.3. The zero-order valence-electron chi connectivity index (χ0n) is 19.1. The molecule has 0 unspecified atom stereocenters. The van der Waals surface area contributed by atoms with E-state index in [0.717, 1.165) is 17.7 Å². The number of primary sulfonamides is 1. The molecule has 0 radical (unpaired) electrons. The Labute approximate surface area is 198 Å². The predicted molar refractivity (Wildman–Crippen MR) is 130 cm³/mol. The van der Waals surface area contributed by atoms with Crippen LogP contribution in [0.1, 0.15) is 24.5 Å². The molecule has 0 fully saturated rings. The van der Waals surface area contributed by atoms with Gasteiger partial charge in [-0.25, -0.2) is 18.5 Å². The highest BCUT2D eigenvalue weighted by atomic mass is 32.2. The second-order valence-electron chi connectivity index (χ2n) is 8.02. The van der Waals surface area contributed by atoms with Crippen molar-refractivity contribution in [2.45, 2.75) is 32.1 Å². The first-order valence-electron chi connectivity index (χ1n) is 10.7. The Morgan fingerprint density at radius 3 is 2.56 bits per heavy atom. The molecule has 10 nitrogen and oxygen atoms in total. The van der Waals surface area contributed by atoms with Crippen molar-refractivity contribution in [1.82, 2.24) is 9.97 Å². The van der Waals surface area contributed by atoms with Gasteiger partial charge < -0.3 is 20.3 Å². The number of aromatic nitrogens is 2. The summed E-state index contributed by atoms with van der Waals surface area (Å²) in [5, 5.41) is 11.6. The van der Waals surface area contributed by atoms with E-state index in [0.29, 0.717) is 35.1 Å². The third-order valence-electron chi connectivity index (χ3n) is 5.33. The molecule has 1 amide bonds. The number of anilines is 5. The summed E-state index contributed by atoms with van der Waals surface area (Å²) >= 11 is 0. The number of sulfonamides is 1. The molecule has 178 valence electrons. The maximum Gasteiger partial charge on any atom is 0.265 e. The smallest absolute Gasteiger partial charge is 0.265 e. The van der Waals surface area contributed by atoms with Crippen LogP contribution in [0, 0.1) is 13.8 Å². The zero-order chi connectivity index (χ0) is 24.5. The standard InChI is InChI=1S/C23H26N6O4S/c1-4-9-29-18-10-16(7-8-19(18)33-13-21(29)30)26-22-15(3)12-25-23(28-22)27-17-6-5-14(2)20(11-17)34(24,31)32/h5-8,10-12H,4,9,13H2,1-3H3,(H2,24,31,32)(H2,25,26,27,28). The number of hydrogen-bond donors (Lipinski definition) is 3. The zero-order valence-corrected chi connectivity index (χ0v) is 19.9. The van der Waals surface area contributed by atoms with Gasteiger partial charge in [0.1, 0.15) is 11.6 Å². The lowest BCUT2D eigenvalue weighted by Crippen LogP contribution is -2.39. The fraction of sp³-hybridized carbons (Fsp3) is 0.261. The number of nitrogens with one attached hydrogen (secondary N) is 2. The van der Waals surface area contributed by atoms with Crippen molar-refractivity contribution >= 4 is 44.8 Å². The number of ether oxygens (including phenoxy) is 1. The van der Waals surface area contributed by atoms with E-state index in [-0.39, 0.29) is 23.4 Å². The summed E-state index contributed by atoms with van der Waals surface area (Å²) in [5.41, 5.74) is 3.28. The predicted octanol–water partition coefficient (Wildman–Crippen LogP) is 3.36. The van der Waals surface area contributed by atoms with E-state index in [1.165, 1.54) is 6.07 Å². The van der Waals surface area contributed by atoms with Gasteiger partial charge in [-0.05, 0) is 56.2 Å². The summed E-state index contributed by atoms with van der Waals surface area (Å²) in [5.74, 6) is 1.42. The van der Waals surface area contributed by atoms with Crippen molar-refractivity contribution in [2.24, 2.45) is 5.14 Å². The van der Waals surface area contributed by atoms with Crippen LogP contribution < -0.4 is 25.4 Å². The molecule has 1 aliphatic rings. The molecule has 0 saturated carbocycles. The summed E-state index contributed by atoms with van der Waals surface area (Å²) < 4.78 is 29.2. The Kier molecular flexibility index (Phi) is 6.40. The van der Waals surface area contributed by atoms with Crippen molar-refractivity contribution in [3.8, 4) is 5.75 Å². The van der Waals surface area contributed by atoms with Crippen LogP contribution in [0.5, 0.6) is 5.75 Å². The lowest BCUT2D eigenvalue weighted by atomic mass is 10.2. The Hall–Kier alpha value is -3.70. The molecule has 0 atom stereocenters. The lowest BCUT2D eigenvalue weighted by molar-refractivity contribution is -0.121. The average Bonchev–Trinajstić information content (AvgIpc) is 2.78. The van der Waals surface area contributed by atoms with E-state index >= 15 is 0 Å². The number of amides is 1. The minimum atomic E-state index is -3.86. The molecule has 2 aromatic carbocycles. The number of fused-ring (bicyclic) bond motifs is 1. The van der Waals surface area contributed by atoms with Crippen LogP contribution in [0.3, 0.4) is 0 Å². The molecule has 0 saturated heterocycles. The number of hydrogen-bond acceptors (Lipinski definition) is 8. The Balaban J connectivity index is 1.60. The molecule has 0 spiro atoms. The average molecular weight is 483 g/mol. The summed E-state index contributed by atoms with van der Waals surface area (Å²) in [6, 6.07) is 10.4. The quantitative estimate of drug-likeness (QED) is 0.466. The van der Waals surface area contributed by atoms with E-state index in [9.17, 15) is 13.2 Å². The van der Waals surface area contributed by atoms with Gasteiger partial charge in [-0.2, -0.15) is 4.98 Å². The van der Waals surface area contributed by atoms with E-state index in [4.69, 9.17) is 9.88 Å². The summed E-state index contributed by atoms with van der Waals surface area (Å²) in [6.45, 7) is 6.20. The maximum absolute atomic E-state index is 12.3. The van der Waals surface area contributed by atoms with Crippen LogP contribution in [0.15, 0.2) is 47.5 Å². The molecule has 34 heavy (non-hydrogen) atoms. The molecular weight excluding hydrogens is 456 g/mol. The van der Waals surface area contributed by atoms with Crippen LogP contribution in [0.4, 0.5) is 28.8 Å². The number of carbonyl (C=O) groups excluding carboxylic acids is 1. The number of aryl methyl sites for hydroxylation is 2. The summed E-state index contributed by atoms with van der Waals surface area (Å²) in [6.07, 6.45) is 2.48. The van der Waals surface area contributed by atoms with E-state index in [1.54, 1.807) is 30.2 Å². The molecule has 3 aromatic rings. The van der Waals surface area contributed by atoms with Crippen LogP contribution >= 0.6 is 0 Å². The van der Waals surface area contributed by atoms with Gasteiger partial charge in [-0.15, -0.1) is 0 Å². The van der Waals surface area contributed by atoms with Gasteiger partial charge in [0.2, 0.25) is 16.0 Å². The second kappa shape index (κ2) is 9.27. The monoisotopic (exact) mass is 482 g/mol. The first-order valence-corrected chi connectivity index (χ1v) is 12.3. The van der Waals surface area contributed by atoms with Crippen molar-refractivity contribution in [2.75, 3.05) is 28.7 Å². The SMILES string of the molecule is CCCN1C(=O)COc2ccc(Nc3nc(Nc4ccc(C)c(S(N)(=O)=O)c4)ncc3C)cc21. The molecule has 1 aromatic heterocycles. The fourth-order valence-corrected chi connectivity index (χ4v) is 4.44. The minimum absolute atomic E-state index is 0.0328. The molecule has 4 rings (SSSR count). The molecule has 0 bridgehead atoms. The van der Waals surface area contributed by atoms with Gasteiger partial charge in [0.25, 0.3) is 5.91 Å². The normalized spacial score (nSPS) is 13.3. The van der Waals surface area contributed by atoms with Gasteiger partial charge in [-0.3, -0.25) is 4.79 Å². The van der Waals surface area contributed by atoms with Crippen molar-refractivity contribution < 1.29 is 17.9 Å². The molecule has 2 heterocycles. The summed E-state index contributed by atoms with van der Waals surface area (Å²) in [4.78, 5) is 22.9. The second-order valence-corrected chi connectivity index (χ2v) is 9.55. The molecule has 11 heteroatoms. The topological polar surface area (TPSA) is 140 Å². The molecule has 1 aliphatic heterocycles. The number of nitrogens with two attached hydrogens (primary N) is 1. The van der Waals surface area contributed by atoms with Gasteiger partial charge in [0.15, 0.2) is 6.61 Å². The Morgan fingerprint density at radius 2 is 1.82 bits per heavy atom. The number of benzene rings is 2. The van der Waals surface area contributed by atoms with Gasteiger partial charge in [-0.1, -0.05) is 13.0 Å². The number of rotatable bonds is 7. The van der Waals surface area contributed by atoms with Gasteiger partial charge in [0.05, 0.1) is 10.6 Å². The molecular formula is C23H26N6O4S. The molecule has 4 N–H and O–H groups in total. The van der Waals surface area contributed by atoms with Gasteiger partial charge in [0, 0.05) is 29.7 Å². The first kappa shape index (κ1) is 23.5. The van der Waals surface area contributed by atoms with Crippen molar-refractivity contribution in [3.05, 3.63) is 53.7 Å². The highest BCUT2D eigenvalue weighted by molar-refractivity contribution is 7.89. The van der Waals surface area contributed by atoms with Crippen molar-refractivity contribution in [3.63, 3.8) is 0 Å². The Morgan fingerprint density at radius 1 is 1.09 bits per heavy atom. The number of carbonyl (C=O) groups is 1. The first-order chi connectivity index (χ1) is 16.2.